The van der Waals surface area contributed by atoms with Crippen molar-refractivity contribution in [3.05, 3.63) is 95.4 Å². The van der Waals surface area contributed by atoms with Gasteiger partial charge in [0.2, 0.25) is 6.41 Å². The van der Waals surface area contributed by atoms with Crippen molar-refractivity contribution in [2.75, 3.05) is 5.32 Å². The molecule has 0 bridgehead atoms. The smallest absolute Gasteiger partial charge is 0.211 e. The van der Waals surface area contributed by atoms with E-state index in [2.05, 4.69) is 102 Å². The van der Waals surface area contributed by atoms with Crippen LogP contribution in [-0.4, -0.2) is 11.4 Å². The maximum Gasteiger partial charge on any atom is 0.211 e. The van der Waals surface area contributed by atoms with Gasteiger partial charge in [-0.25, -0.2) is 0 Å². The van der Waals surface area contributed by atoms with Gasteiger partial charge in [0.15, 0.2) is 0 Å². The van der Waals surface area contributed by atoms with E-state index in [0.29, 0.717) is 12.3 Å². The molecule has 1 aromatic heterocycles. The summed E-state index contributed by atoms with van der Waals surface area (Å²) in [5, 5.41) is 4.74. The molecule has 196 valence electrons. The molecule has 0 saturated heterocycles. The number of anilines is 1. The summed E-state index contributed by atoms with van der Waals surface area (Å²) in [6, 6.07) is 7.59. The molecule has 0 unspecified atom stereocenters. The lowest BCUT2D eigenvalue weighted by atomic mass is 9.95. The van der Waals surface area contributed by atoms with Crippen LogP contribution >= 0.6 is 0 Å². The van der Waals surface area contributed by atoms with Crippen molar-refractivity contribution in [1.29, 1.82) is 0 Å². The lowest BCUT2D eigenvalue weighted by molar-refractivity contribution is -0.105. The predicted molar refractivity (Wildman–Crippen MR) is 161 cm³/mol. The van der Waals surface area contributed by atoms with E-state index in [0.717, 1.165) is 16.5 Å². The van der Waals surface area contributed by atoms with Gasteiger partial charge in [0.25, 0.3) is 0 Å². The molecule has 0 aliphatic carbocycles. The first-order chi connectivity index (χ1) is 17.2. The summed E-state index contributed by atoms with van der Waals surface area (Å²) in [6.45, 7) is 19.5. The molecular weight excluding hydrogens is 440 g/mol. The van der Waals surface area contributed by atoms with Crippen LogP contribution in [0, 0.1) is 5.92 Å². The average molecular weight is 489 g/mol. The highest BCUT2D eigenvalue weighted by Crippen LogP contribution is 2.20. The van der Waals surface area contributed by atoms with Gasteiger partial charge in [-0.2, -0.15) is 0 Å². The highest BCUT2D eigenvalue weighted by Gasteiger charge is 2.03. The number of fused-ring (bicyclic) bond motifs is 1. The molecule has 0 saturated carbocycles. The first-order valence-electron chi connectivity index (χ1n) is 13.0. The Labute approximate surface area is 220 Å². The fourth-order valence-electron chi connectivity index (χ4n) is 3.32. The fraction of sp³-hybridized carbons (Fsp3) is 0.394. The van der Waals surface area contributed by atoms with Crippen molar-refractivity contribution in [2.45, 2.75) is 81.6 Å². The number of unbranched alkanes of at least 4 members (excludes halogenated alkanes) is 1. The third-order valence-electron chi connectivity index (χ3n) is 5.48. The summed E-state index contributed by atoms with van der Waals surface area (Å²) < 4.78 is 0. The summed E-state index contributed by atoms with van der Waals surface area (Å²) in [6.07, 6.45) is 20.8. The second kappa shape index (κ2) is 20.0. The van der Waals surface area contributed by atoms with Crippen molar-refractivity contribution >= 4 is 22.9 Å². The third kappa shape index (κ3) is 14.9. The van der Waals surface area contributed by atoms with Crippen molar-refractivity contribution in [2.24, 2.45) is 5.92 Å². The van der Waals surface area contributed by atoms with Crippen LogP contribution in [0.5, 0.6) is 0 Å². The summed E-state index contributed by atoms with van der Waals surface area (Å²) in [7, 11) is 0. The van der Waals surface area contributed by atoms with Crippen LogP contribution in [0.15, 0.2) is 95.4 Å². The van der Waals surface area contributed by atoms with E-state index in [-0.39, 0.29) is 0 Å². The van der Waals surface area contributed by atoms with E-state index in [1.807, 2.05) is 31.2 Å². The molecule has 1 N–H and O–H groups in total. The number of nitrogens with one attached hydrogen (secondary N) is 1. The number of rotatable bonds is 9. The van der Waals surface area contributed by atoms with Gasteiger partial charge in [0.1, 0.15) is 0 Å². The zero-order chi connectivity index (χ0) is 27.3. The molecule has 2 rings (SSSR count). The Kier molecular flexibility index (Phi) is 18.3. The van der Waals surface area contributed by atoms with Crippen LogP contribution in [0.25, 0.3) is 10.8 Å². The summed E-state index contributed by atoms with van der Waals surface area (Å²) in [4.78, 5) is 14.2. The molecule has 36 heavy (non-hydrogen) atoms. The van der Waals surface area contributed by atoms with Crippen LogP contribution in [-0.2, 0) is 4.79 Å². The summed E-state index contributed by atoms with van der Waals surface area (Å²) >= 11 is 0. The van der Waals surface area contributed by atoms with Crippen molar-refractivity contribution < 1.29 is 4.79 Å². The SMILES string of the molecule is C/C=C(C)/C=C/C=C(C)C.C/C=C/C(=C(\C)CCCC)C(C)C.O=CNc1ccc2cnccc2c1. The number of amides is 1. The lowest BCUT2D eigenvalue weighted by Crippen LogP contribution is -1.95. The number of carbonyl (C=O) groups excluding carboxylic acids is 1. The van der Waals surface area contributed by atoms with E-state index < -0.39 is 0 Å². The minimum absolute atomic E-state index is 0.660. The van der Waals surface area contributed by atoms with Gasteiger partial charge in [-0.1, -0.05) is 86.4 Å². The molecule has 2 aromatic rings. The van der Waals surface area contributed by atoms with Gasteiger partial charge < -0.3 is 5.32 Å². The van der Waals surface area contributed by atoms with Gasteiger partial charge >= 0.3 is 0 Å². The van der Waals surface area contributed by atoms with Crippen molar-refractivity contribution in [3.63, 3.8) is 0 Å². The number of benzene rings is 1. The average Bonchev–Trinajstić information content (AvgIpc) is 2.86. The van der Waals surface area contributed by atoms with Crippen LogP contribution in [0.2, 0.25) is 0 Å². The molecule has 1 aromatic carbocycles. The van der Waals surface area contributed by atoms with E-state index >= 15 is 0 Å². The molecule has 0 atom stereocenters. The number of carbonyl (C=O) groups is 1. The summed E-state index contributed by atoms with van der Waals surface area (Å²) in [5.74, 6) is 0.660. The third-order valence-corrected chi connectivity index (χ3v) is 5.48. The van der Waals surface area contributed by atoms with Gasteiger partial charge in [-0.05, 0) is 89.5 Å². The number of hydrogen-bond acceptors (Lipinski definition) is 2. The highest BCUT2D eigenvalue weighted by atomic mass is 16.1. The number of nitrogens with zero attached hydrogens (tertiary/aromatic N) is 1. The quantitative estimate of drug-likeness (QED) is 0.282. The molecule has 0 fully saturated rings. The Morgan fingerprint density at radius 2 is 1.75 bits per heavy atom. The highest BCUT2D eigenvalue weighted by molar-refractivity contribution is 5.87. The lowest BCUT2D eigenvalue weighted by Gasteiger charge is -2.11. The topological polar surface area (TPSA) is 42.0 Å². The molecule has 0 aliphatic heterocycles. The first-order valence-corrected chi connectivity index (χ1v) is 13.0. The maximum atomic E-state index is 10.2. The van der Waals surface area contributed by atoms with Crippen LogP contribution < -0.4 is 5.32 Å². The largest absolute Gasteiger partial charge is 0.329 e. The number of aromatic nitrogens is 1. The number of hydrogen-bond donors (Lipinski definition) is 1. The van der Waals surface area contributed by atoms with Gasteiger partial charge in [0.05, 0.1) is 0 Å². The molecule has 0 spiro atoms. The molecule has 0 radical (unpaired) electrons. The molecule has 3 heteroatoms. The van der Waals surface area contributed by atoms with Gasteiger partial charge in [-0.3, -0.25) is 9.78 Å². The molecule has 1 amide bonds. The fourth-order valence-corrected chi connectivity index (χ4v) is 3.32. The van der Waals surface area contributed by atoms with Gasteiger partial charge in [-0.15, -0.1) is 0 Å². The Morgan fingerprint density at radius 3 is 2.31 bits per heavy atom. The Morgan fingerprint density at radius 1 is 1.03 bits per heavy atom. The Bertz CT molecular complexity index is 1050. The van der Waals surface area contributed by atoms with Crippen molar-refractivity contribution in [3.8, 4) is 0 Å². The Hall–Kier alpha value is -3.20. The summed E-state index contributed by atoms with van der Waals surface area (Å²) in [5.41, 5.74) is 6.53. The van der Waals surface area contributed by atoms with E-state index in [4.69, 9.17) is 0 Å². The molecule has 0 aliphatic rings. The van der Waals surface area contributed by atoms with E-state index in [9.17, 15) is 4.79 Å². The molecular formula is C33H48N2O. The predicted octanol–water partition coefficient (Wildman–Crippen LogP) is 10.0. The molecule has 1 heterocycles. The standard InChI is InChI=1S/C13H24.C10H8N2O.C10H16/c1-6-8-10-12(5)13(9-7-2)11(3)4;13-7-12-10-2-1-9-6-11-4-3-8(9)5-10;1-5-10(4)8-6-7-9(2)3/h7,9,11H,6,8,10H2,1-5H3;1-7H,(H,12,13);5-8H,1-4H3/b9-7+,13-12-;;8-6+,10-5+. The van der Waals surface area contributed by atoms with E-state index in [1.165, 1.54) is 36.0 Å². The van der Waals surface area contributed by atoms with Gasteiger partial charge in [0, 0.05) is 23.5 Å². The maximum absolute atomic E-state index is 10.2. The monoisotopic (exact) mass is 488 g/mol. The van der Waals surface area contributed by atoms with Crippen LogP contribution in [0.3, 0.4) is 0 Å². The second-order valence-corrected chi connectivity index (χ2v) is 9.33. The number of allylic oxidation sites excluding steroid dienone is 10. The molecule has 3 nitrogen and oxygen atoms in total. The minimum Gasteiger partial charge on any atom is -0.329 e. The first kappa shape index (κ1) is 32.8. The van der Waals surface area contributed by atoms with E-state index in [1.54, 1.807) is 18.0 Å². The number of pyridine rings is 1. The minimum atomic E-state index is 0.660. The second-order valence-electron chi connectivity index (χ2n) is 9.33. The van der Waals surface area contributed by atoms with Crippen molar-refractivity contribution in [1.82, 2.24) is 4.98 Å². The zero-order valence-electron chi connectivity index (χ0n) is 24.1. The normalized spacial score (nSPS) is 12.0. The zero-order valence-corrected chi connectivity index (χ0v) is 24.1. The van der Waals surface area contributed by atoms with Crippen LogP contribution in [0.1, 0.15) is 81.6 Å². The van der Waals surface area contributed by atoms with Crippen LogP contribution in [0.4, 0.5) is 5.69 Å². The Balaban J connectivity index is 0.000000517.